The Labute approximate surface area is 188 Å². The second-order valence-corrected chi connectivity index (χ2v) is 9.86. The summed E-state index contributed by atoms with van der Waals surface area (Å²) in [5.74, 6) is 1.27. The minimum Gasteiger partial charge on any atom is -0.497 e. The Balaban J connectivity index is 1.64. The van der Waals surface area contributed by atoms with E-state index in [4.69, 9.17) is 4.74 Å². The number of ether oxygens (including phenoxy) is 1. The first-order valence-corrected chi connectivity index (χ1v) is 12.3. The summed E-state index contributed by atoms with van der Waals surface area (Å²) in [4.78, 5) is 4.79. The maximum Gasteiger partial charge on any atom is 0.229 e. The van der Waals surface area contributed by atoms with Crippen molar-refractivity contribution in [2.45, 2.75) is 23.3 Å². The van der Waals surface area contributed by atoms with Crippen LogP contribution < -0.4 is 10.1 Å². The summed E-state index contributed by atoms with van der Waals surface area (Å²) in [5.41, 5.74) is 2.75. The van der Waals surface area contributed by atoms with Gasteiger partial charge in [-0.05, 0) is 59.8 Å². The van der Waals surface area contributed by atoms with Crippen molar-refractivity contribution in [3.63, 3.8) is 0 Å². The van der Waals surface area contributed by atoms with Crippen molar-refractivity contribution in [2.24, 2.45) is 0 Å². The number of benzene rings is 2. The molecule has 0 aliphatic carbocycles. The lowest BCUT2D eigenvalue weighted by molar-refractivity contribution is 0.415. The Morgan fingerprint density at radius 3 is 2.50 bits per heavy atom. The number of sulfone groups is 1. The van der Waals surface area contributed by atoms with Crippen LogP contribution in [0.2, 0.25) is 0 Å². The Morgan fingerprint density at radius 1 is 1.06 bits per heavy atom. The maximum atomic E-state index is 13.3. The summed E-state index contributed by atoms with van der Waals surface area (Å²) < 4.78 is 34.2. The van der Waals surface area contributed by atoms with Gasteiger partial charge in [-0.25, -0.2) is 13.4 Å². The molecule has 3 heterocycles. The van der Waals surface area contributed by atoms with Crippen molar-refractivity contribution < 1.29 is 13.2 Å². The molecule has 0 aliphatic rings. The number of hydrogen-bond donors (Lipinski definition) is 1. The number of nitrogens with zero attached hydrogens (tertiary/aromatic N) is 4. The molecule has 0 saturated heterocycles. The molecule has 0 amide bonds. The number of anilines is 2. The fourth-order valence-electron chi connectivity index (χ4n) is 3.41. The fourth-order valence-corrected chi connectivity index (χ4v) is 5.46. The van der Waals surface area contributed by atoms with Crippen LogP contribution in [-0.4, -0.2) is 35.3 Å². The molecular formula is C22H19N5O3S2. The summed E-state index contributed by atoms with van der Waals surface area (Å²) in [6.07, 6.45) is 0.827. The summed E-state index contributed by atoms with van der Waals surface area (Å²) in [6, 6.07) is 16.1. The molecule has 0 bridgehead atoms. The molecule has 3 aromatic heterocycles. The van der Waals surface area contributed by atoms with E-state index < -0.39 is 9.84 Å². The molecule has 0 saturated carbocycles. The Kier molecular flexibility index (Phi) is 5.03. The van der Waals surface area contributed by atoms with Gasteiger partial charge in [-0.15, -0.1) is 16.4 Å². The molecule has 5 rings (SSSR count). The van der Waals surface area contributed by atoms with E-state index in [1.807, 2.05) is 42.6 Å². The van der Waals surface area contributed by atoms with Crippen LogP contribution in [0.4, 0.5) is 11.5 Å². The number of thiophene rings is 1. The normalized spacial score (nSPS) is 11.8. The summed E-state index contributed by atoms with van der Waals surface area (Å²) in [6.45, 7) is 2.02. The van der Waals surface area contributed by atoms with Crippen LogP contribution in [0.25, 0.3) is 15.9 Å². The first-order chi connectivity index (χ1) is 15.5. The first-order valence-electron chi connectivity index (χ1n) is 9.89. The molecule has 8 nitrogen and oxygen atoms in total. The van der Waals surface area contributed by atoms with E-state index in [1.165, 1.54) is 15.9 Å². The lowest BCUT2D eigenvalue weighted by Gasteiger charge is -2.09. The smallest absolute Gasteiger partial charge is 0.229 e. The molecule has 5 aromatic rings. The SMILES string of the molecule is CCc1ccc(S(=O)(=O)c2nnn3c2nc(Nc2ccc(OC)cc2)c2sccc23)cc1. The zero-order valence-corrected chi connectivity index (χ0v) is 18.9. The highest BCUT2D eigenvalue weighted by molar-refractivity contribution is 7.91. The number of nitrogens with one attached hydrogen (secondary N) is 1. The molecule has 0 aliphatic heterocycles. The fraction of sp³-hybridized carbons (Fsp3) is 0.136. The van der Waals surface area contributed by atoms with E-state index >= 15 is 0 Å². The quantitative estimate of drug-likeness (QED) is 0.395. The number of methoxy groups -OCH3 is 1. The van der Waals surface area contributed by atoms with Crippen LogP contribution in [0.1, 0.15) is 12.5 Å². The van der Waals surface area contributed by atoms with Gasteiger partial charge in [0.2, 0.25) is 14.9 Å². The number of aromatic nitrogens is 4. The molecule has 0 radical (unpaired) electrons. The molecule has 2 aromatic carbocycles. The molecule has 0 unspecified atom stereocenters. The zero-order valence-electron chi connectivity index (χ0n) is 17.3. The molecule has 10 heteroatoms. The Bertz CT molecular complexity index is 1520. The van der Waals surface area contributed by atoms with Gasteiger partial charge in [-0.2, -0.15) is 4.52 Å². The van der Waals surface area contributed by atoms with Crippen LogP contribution in [0.15, 0.2) is 69.9 Å². The minimum absolute atomic E-state index is 0.161. The highest BCUT2D eigenvalue weighted by atomic mass is 32.2. The van der Waals surface area contributed by atoms with Gasteiger partial charge in [0, 0.05) is 5.69 Å². The van der Waals surface area contributed by atoms with Crippen LogP contribution in [0, 0.1) is 0 Å². The molecule has 162 valence electrons. The van der Waals surface area contributed by atoms with E-state index in [9.17, 15) is 8.42 Å². The van der Waals surface area contributed by atoms with Crippen LogP contribution >= 0.6 is 11.3 Å². The highest BCUT2D eigenvalue weighted by Gasteiger charge is 2.27. The Morgan fingerprint density at radius 2 is 1.81 bits per heavy atom. The van der Waals surface area contributed by atoms with Crippen molar-refractivity contribution in [3.8, 4) is 5.75 Å². The predicted octanol–water partition coefficient (Wildman–Crippen LogP) is 4.49. The average Bonchev–Trinajstić information content (AvgIpc) is 3.47. The standard InChI is InChI=1S/C22H19N5O3S2/c1-3-14-4-10-17(11-5-14)32(28,29)22-21-24-20(23-15-6-8-16(30-2)9-7-15)19-18(12-13-31-19)27(21)26-25-22/h4-13H,3H2,1-2H3,(H,23,24). The molecule has 32 heavy (non-hydrogen) atoms. The van der Waals surface area contributed by atoms with Gasteiger partial charge in [-0.3, -0.25) is 0 Å². The lowest BCUT2D eigenvalue weighted by Crippen LogP contribution is -2.05. The molecule has 0 fully saturated rings. The van der Waals surface area contributed by atoms with E-state index in [0.717, 1.165) is 33.6 Å². The second kappa shape index (κ2) is 7.88. The third-order valence-corrected chi connectivity index (χ3v) is 7.75. The van der Waals surface area contributed by atoms with Gasteiger partial charge in [-0.1, -0.05) is 24.3 Å². The van der Waals surface area contributed by atoms with Crippen LogP contribution in [0.3, 0.4) is 0 Å². The van der Waals surface area contributed by atoms with Crippen molar-refractivity contribution in [1.29, 1.82) is 0 Å². The molecular weight excluding hydrogens is 446 g/mol. The van der Waals surface area contributed by atoms with Gasteiger partial charge in [0.25, 0.3) is 0 Å². The van der Waals surface area contributed by atoms with Crippen molar-refractivity contribution in [1.82, 2.24) is 19.8 Å². The van der Waals surface area contributed by atoms with Crippen molar-refractivity contribution in [3.05, 3.63) is 65.5 Å². The average molecular weight is 466 g/mol. The van der Waals surface area contributed by atoms with Crippen molar-refractivity contribution in [2.75, 3.05) is 12.4 Å². The van der Waals surface area contributed by atoms with Crippen LogP contribution in [0.5, 0.6) is 5.75 Å². The van der Waals surface area contributed by atoms with E-state index in [2.05, 4.69) is 20.6 Å². The summed E-state index contributed by atoms with van der Waals surface area (Å²) >= 11 is 1.49. The number of aryl methyl sites for hydroxylation is 1. The highest BCUT2D eigenvalue weighted by Crippen LogP contribution is 2.33. The number of fused-ring (bicyclic) bond motifs is 3. The van der Waals surface area contributed by atoms with Gasteiger partial charge >= 0.3 is 0 Å². The van der Waals surface area contributed by atoms with Crippen molar-refractivity contribution >= 4 is 48.5 Å². The lowest BCUT2D eigenvalue weighted by atomic mass is 10.2. The topological polar surface area (TPSA) is 98.5 Å². The largest absolute Gasteiger partial charge is 0.497 e. The Hall–Kier alpha value is -3.50. The second-order valence-electron chi connectivity index (χ2n) is 7.08. The third kappa shape index (κ3) is 3.37. The number of rotatable bonds is 6. The first kappa shape index (κ1) is 20.4. The summed E-state index contributed by atoms with van der Waals surface area (Å²) in [5, 5.41) is 13.1. The third-order valence-electron chi connectivity index (χ3n) is 5.17. The predicted molar refractivity (Wildman–Crippen MR) is 124 cm³/mol. The molecule has 0 spiro atoms. The van der Waals surface area contributed by atoms with E-state index in [1.54, 1.807) is 31.4 Å². The van der Waals surface area contributed by atoms with Gasteiger partial charge in [0.15, 0.2) is 11.5 Å². The van der Waals surface area contributed by atoms with Gasteiger partial charge in [0.1, 0.15) is 5.75 Å². The van der Waals surface area contributed by atoms with Gasteiger partial charge < -0.3 is 10.1 Å². The summed E-state index contributed by atoms with van der Waals surface area (Å²) in [7, 11) is -2.29. The van der Waals surface area contributed by atoms with E-state index in [0.29, 0.717) is 5.82 Å². The minimum atomic E-state index is -3.90. The molecule has 1 N–H and O–H groups in total. The monoisotopic (exact) mass is 465 g/mol. The number of hydrogen-bond acceptors (Lipinski definition) is 8. The van der Waals surface area contributed by atoms with Gasteiger partial charge in [0.05, 0.1) is 22.2 Å². The van der Waals surface area contributed by atoms with E-state index in [-0.39, 0.29) is 15.6 Å². The zero-order chi connectivity index (χ0) is 22.3. The van der Waals surface area contributed by atoms with Crippen LogP contribution in [-0.2, 0) is 16.3 Å². The maximum absolute atomic E-state index is 13.3. The molecule has 0 atom stereocenters.